The van der Waals surface area contributed by atoms with Crippen molar-refractivity contribution in [1.82, 2.24) is 5.32 Å². The van der Waals surface area contributed by atoms with Crippen LogP contribution in [0.2, 0.25) is 0 Å². The van der Waals surface area contributed by atoms with Gasteiger partial charge in [-0.25, -0.2) is 0 Å². The number of rotatable bonds is 5. The van der Waals surface area contributed by atoms with Gasteiger partial charge in [-0.1, -0.05) is 36.8 Å². The number of fused-ring (bicyclic) bond motifs is 1. The van der Waals surface area contributed by atoms with Crippen LogP contribution in [0.15, 0.2) is 30.3 Å². The molecular weight excluding hydrogens is 456 g/mol. The van der Waals surface area contributed by atoms with E-state index in [1.807, 2.05) is 0 Å². The zero-order chi connectivity index (χ0) is 23.6. The summed E-state index contributed by atoms with van der Waals surface area (Å²) in [5.74, 6) is -1.46. The maximum absolute atomic E-state index is 14.0. The number of aryl methyl sites for hydroxylation is 1. The van der Waals surface area contributed by atoms with Crippen molar-refractivity contribution >= 4 is 22.2 Å². The quantitative estimate of drug-likeness (QED) is 0.342. The molecule has 4 nitrogen and oxygen atoms in total. The van der Waals surface area contributed by atoms with E-state index in [9.17, 15) is 36.4 Å². The Bertz CT molecular complexity index is 994. The molecule has 3 rings (SSSR count). The zero-order valence-electron chi connectivity index (χ0n) is 16.7. The molecule has 1 heterocycles. The number of hydrogen-bond acceptors (Lipinski definition) is 4. The molecule has 11 heteroatoms. The number of nitrogens with zero attached hydrogens (tertiary/aromatic N) is 1. The van der Waals surface area contributed by atoms with Crippen molar-refractivity contribution in [3.63, 3.8) is 0 Å². The summed E-state index contributed by atoms with van der Waals surface area (Å²) < 4.78 is 83.8. The molecule has 0 unspecified atom stereocenters. The zero-order valence-corrected chi connectivity index (χ0v) is 17.5. The van der Waals surface area contributed by atoms with Crippen molar-refractivity contribution in [3.8, 4) is 6.07 Å². The molecule has 1 amide bonds. The Hall–Kier alpha value is -2.74. The predicted octanol–water partition coefficient (Wildman–Crippen LogP) is 5.48. The number of anilines is 1. The van der Waals surface area contributed by atoms with Crippen molar-refractivity contribution < 1.29 is 31.1 Å². The predicted molar refractivity (Wildman–Crippen MR) is 107 cm³/mol. The van der Waals surface area contributed by atoms with E-state index in [0.717, 1.165) is 18.2 Å². The summed E-state index contributed by atoms with van der Waals surface area (Å²) in [5, 5.41) is 11.6. The normalized spacial score (nSPS) is 14.8. The highest BCUT2D eigenvalue weighted by molar-refractivity contribution is 7.16. The van der Waals surface area contributed by atoms with Gasteiger partial charge >= 0.3 is 18.0 Å². The molecule has 0 atom stereocenters. The fourth-order valence-corrected chi connectivity index (χ4v) is 4.92. The van der Waals surface area contributed by atoms with E-state index in [2.05, 4.69) is 0 Å². The molecule has 0 saturated carbocycles. The second-order valence-electron chi connectivity index (χ2n) is 7.46. The van der Waals surface area contributed by atoms with Crippen molar-refractivity contribution in [3.05, 3.63) is 51.9 Å². The average Bonchev–Trinajstić information content (AvgIpc) is 2.85. The van der Waals surface area contributed by atoms with Gasteiger partial charge in [0.2, 0.25) is 5.91 Å². The first kappa shape index (κ1) is 23.9. The Kier molecular flexibility index (Phi) is 6.74. The van der Waals surface area contributed by atoms with Crippen LogP contribution in [0.3, 0.4) is 0 Å². The van der Waals surface area contributed by atoms with Gasteiger partial charge in [0, 0.05) is 4.88 Å². The second kappa shape index (κ2) is 9.02. The van der Waals surface area contributed by atoms with E-state index >= 15 is 0 Å². The van der Waals surface area contributed by atoms with Gasteiger partial charge in [0.05, 0.1) is 12.0 Å². The van der Waals surface area contributed by atoms with Gasteiger partial charge in [-0.2, -0.15) is 31.6 Å². The molecule has 1 aliphatic rings. The minimum absolute atomic E-state index is 0.234. The Morgan fingerprint density at radius 1 is 1.00 bits per heavy atom. The number of carbonyl (C=O) groups is 1. The Morgan fingerprint density at radius 3 is 2.22 bits per heavy atom. The first-order chi connectivity index (χ1) is 15.0. The minimum Gasteiger partial charge on any atom is -0.338 e. The summed E-state index contributed by atoms with van der Waals surface area (Å²) in [6, 6.07) is 9.21. The van der Waals surface area contributed by atoms with E-state index in [1.165, 1.54) is 29.6 Å². The van der Waals surface area contributed by atoms with Crippen molar-refractivity contribution in [2.75, 3.05) is 5.32 Å². The highest BCUT2D eigenvalue weighted by Crippen LogP contribution is 2.46. The number of amides is 1. The summed E-state index contributed by atoms with van der Waals surface area (Å²) in [6.07, 6.45) is -9.40. The van der Waals surface area contributed by atoms with Crippen LogP contribution in [0.1, 0.15) is 40.8 Å². The van der Waals surface area contributed by atoms with Gasteiger partial charge in [0.15, 0.2) is 0 Å². The van der Waals surface area contributed by atoms with Crippen LogP contribution in [-0.2, 0) is 24.1 Å². The van der Waals surface area contributed by atoms with Crippen molar-refractivity contribution in [1.29, 1.82) is 5.26 Å². The van der Waals surface area contributed by atoms with E-state index < -0.39 is 35.3 Å². The van der Waals surface area contributed by atoms with Crippen molar-refractivity contribution in [2.24, 2.45) is 0 Å². The van der Waals surface area contributed by atoms with Crippen LogP contribution in [0, 0.1) is 11.3 Å². The van der Waals surface area contributed by atoms with Gasteiger partial charge < -0.3 is 10.6 Å². The van der Waals surface area contributed by atoms with Crippen LogP contribution < -0.4 is 10.6 Å². The second-order valence-corrected chi connectivity index (χ2v) is 8.57. The maximum Gasteiger partial charge on any atom is 0.439 e. The molecular formula is C21H19F6N3OS. The Balaban J connectivity index is 2.02. The molecule has 2 aromatic rings. The number of benzene rings is 1. The highest BCUT2D eigenvalue weighted by Gasteiger charge is 2.73. The molecule has 1 aliphatic carbocycles. The van der Waals surface area contributed by atoms with E-state index in [-0.39, 0.29) is 11.1 Å². The first-order valence-corrected chi connectivity index (χ1v) is 10.6. The molecule has 0 aliphatic heterocycles. The third-order valence-electron chi connectivity index (χ3n) is 5.22. The number of hydrogen-bond donors (Lipinski definition) is 2. The summed E-state index contributed by atoms with van der Waals surface area (Å²) >= 11 is 0.705. The molecule has 0 fully saturated rings. The topological polar surface area (TPSA) is 64.9 Å². The lowest BCUT2D eigenvalue weighted by molar-refractivity contribution is -0.295. The molecule has 0 spiro atoms. The van der Waals surface area contributed by atoms with Crippen molar-refractivity contribution in [2.45, 2.75) is 56.5 Å². The van der Waals surface area contributed by atoms with Crippen LogP contribution in [0.4, 0.5) is 31.3 Å². The summed E-state index contributed by atoms with van der Waals surface area (Å²) in [5.41, 5.74) is -4.25. The molecule has 0 radical (unpaired) electrons. The fourth-order valence-electron chi connectivity index (χ4n) is 3.63. The molecule has 1 aromatic heterocycles. The third kappa shape index (κ3) is 4.70. The number of alkyl halides is 6. The van der Waals surface area contributed by atoms with Gasteiger partial charge in [-0.15, -0.1) is 11.3 Å². The highest BCUT2D eigenvalue weighted by atomic mass is 32.1. The van der Waals surface area contributed by atoms with Crippen LogP contribution in [-0.4, -0.2) is 23.9 Å². The number of carbonyl (C=O) groups excluding carboxylic acids is 1. The maximum atomic E-state index is 14.0. The van der Waals surface area contributed by atoms with Crippen LogP contribution in [0.5, 0.6) is 0 Å². The fraction of sp³-hybridized carbons (Fsp3) is 0.429. The lowest BCUT2D eigenvalue weighted by atomic mass is 10.0. The average molecular weight is 475 g/mol. The smallest absolute Gasteiger partial charge is 0.338 e. The Morgan fingerprint density at radius 2 is 1.62 bits per heavy atom. The lowest BCUT2D eigenvalue weighted by Gasteiger charge is -2.38. The first-order valence-electron chi connectivity index (χ1n) is 9.79. The van der Waals surface area contributed by atoms with E-state index in [4.69, 9.17) is 0 Å². The van der Waals surface area contributed by atoms with Gasteiger partial charge in [-0.05, 0) is 36.8 Å². The van der Waals surface area contributed by atoms with Gasteiger partial charge in [-0.3, -0.25) is 4.79 Å². The standard InChI is InChI=1S/C21H19F6N3OS/c22-20(23,24)19(21(25,26)27,29-17(31)11-13-7-3-1-4-8-13)30-18-15(12-28)14-9-5-2-6-10-16(14)32-18/h1,3-4,7-8,30H,2,5-6,9-11H2,(H,29,31). The summed E-state index contributed by atoms with van der Waals surface area (Å²) in [7, 11) is 0. The molecule has 32 heavy (non-hydrogen) atoms. The molecule has 0 saturated heterocycles. The van der Waals surface area contributed by atoms with Crippen LogP contribution in [0.25, 0.3) is 0 Å². The molecule has 2 N–H and O–H groups in total. The number of nitrogens with one attached hydrogen (secondary N) is 2. The van der Waals surface area contributed by atoms with E-state index in [1.54, 1.807) is 12.1 Å². The number of nitriles is 1. The summed E-state index contributed by atoms with van der Waals surface area (Å²) in [4.78, 5) is 12.9. The number of thiophene rings is 1. The SMILES string of the molecule is N#Cc1c(NC(NC(=O)Cc2ccccc2)(C(F)(F)F)C(F)(F)F)sc2c1CCCCC2. The van der Waals surface area contributed by atoms with Crippen LogP contribution >= 0.6 is 11.3 Å². The largest absolute Gasteiger partial charge is 0.439 e. The summed E-state index contributed by atoms with van der Waals surface area (Å²) in [6.45, 7) is 0. The van der Waals surface area contributed by atoms with Gasteiger partial charge in [0.25, 0.3) is 0 Å². The van der Waals surface area contributed by atoms with E-state index in [0.29, 0.717) is 41.0 Å². The minimum atomic E-state index is -5.94. The number of halogens is 6. The monoisotopic (exact) mass is 475 g/mol. The van der Waals surface area contributed by atoms with Gasteiger partial charge in [0.1, 0.15) is 11.1 Å². The third-order valence-corrected chi connectivity index (χ3v) is 6.43. The Labute approximate surface area is 184 Å². The lowest BCUT2D eigenvalue weighted by Crippen LogP contribution is -2.72. The molecule has 172 valence electrons. The molecule has 1 aromatic carbocycles. The molecule has 0 bridgehead atoms.